The zero-order chi connectivity index (χ0) is 20.4. The second-order valence-electron chi connectivity index (χ2n) is 6.33. The van der Waals surface area contributed by atoms with Crippen molar-refractivity contribution in [1.29, 1.82) is 0 Å². The first kappa shape index (κ1) is 19.1. The van der Waals surface area contributed by atoms with Gasteiger partial charge in [0.05, 0.1) is 22.9 Å². The van der Waals surface area contributed by atoms with Crippen LogP contribution in [0, 0.1) is 0 Å². The van der Waals surface area contributed by atoms with Crippen LogP contribution >= 0.6 is 11.6 Å². The van der Waals surface area contributed by atoms with Gasteiger partial charge in [0.1, 0.15) is 18.7 Å². The summed E-state index contributed by atoms with van der Waals surface area (Å²) in [6, 6.07) is 10.9. The second-order valence-corrected chi connectivity index (χ2v) is 6.73. The Morgan fingerprint density at radius 1 is 1.24 bits per heavy atom. The minimum absolute atomic E-state index is 0.0171. The first-order valence-electron chi connectivity index (χ1n) is 8.86. The SMILES string of the molecule is COCCOC(=O)Nc1nc2c(Cl)cc(C3=NCC(=O)c4ccccc43)cc2[nH]1. The second kappa shape index (κ2) is 8.02. The number of aromatic nitrogens is 2. The lowest BCUT2D eigenvalue weighted by atomic mass is 9.92. The Morgan fingerprint density at radius 2 is 2.03 bits per heavy atom. The number of ether oxygens (including phenoxy) is 2. The van der Waals surface area contributed by atoms with Crippen LogP contribution < -0.4 is 5.32 Å². The number of hydrogen-bond acceptors (Lipinski definition) is 6. The van der Waals surface area contributed by atoms with Gasteiger partial charge in [-0.2, -0.15) is 0 Å². The van der Waals surface area contributed by atoms with E-state index in [1.165, 1.54) is 7.11 Å². The van der Waals surface area contributed by atoms with E-state index >= 15 is 0 Å². The Hall–Kier alpha value is -3.23. The van der Waals surface area contributed by atoms with Crippen LogP contribution in [0.3, 0.4) is 0 Å². The summed E-state index contributed by atoms with van der Waals surface area (Å²) in [5.74, 6) is 0.194. The molecule has 148 valence electrons. The number of imidazole rings is 1. The van der Waals surface area contributed by atoms with Gasteiger partial charge >= 0.3 is 6.09 Å². The van der Waals surface area contributed by atoms with E-state index in [0.717, 1.165) is 11.1 Å². The molecule has 2 aromatic carbocycles. The van der Waals surface area contributed by atoms with Gasteiger partial charge in [0.2, 0.25) is 5.95 Å². The number of aromatic amines is 1. The highest BCUT2D eigenvalue weighted by molar-refractivity contribution is 6.36. The van der Waals surface area contributed by atoms with Crippen LogP contribution in [-0.4, -0.2) is 54.4 Å². The van der Waals surface area contributed by atoms with Crippen molar-refractivity contribution in [2.24, 2.45) is 4.99 Å². The number of fused-ring (bicyclic) bond motifs is 2. The maximum atomic E-state index is 12.1. The zero-order valence-corrected chi connectivity index (χ0v) is 16.2. The third kappa shape index (κ3) is 3.85. The summed E-state index contributed by atoms with van der Waals surface area (Å²) in [5.41, 5.74) is 3.96. The highest BCUT2D eigenvalue weighted by Crippen LogP contribution is 2.28. The van der Waals surface area contributed by atoms with Crippen molar-refractivity contribution >= 4 is 46.2 Å². The third-order valence-corrected chi connectivity index (χ3v) is 4.71. The van der Waals surface area contributed by atoms with Gasteiger partial charge in [-0.05, 0) is 12.1 Å². The highest BCUT2D eigenvalue weighted by Gasteiger charge is 2.22. The number of ketones is 1. The standard InChI is InChI=1S/C20H17ClN4O4/c1-28-6-7-29-20(27)25-19-23-15-9-11(8-14(21)18(15)24-19)17-13-5-3-2-4-12(13)16(26)10-22-17/h2-5,8-9H,6-7,10H2,1H3,(H2,23,24,25,27). The number of halogens is 1. The number of carbonyl (C=O) groups excluding carboxylic acids is 2. The van der Waals surface area contributed by atoms with Crippen molar-refractivity contribution < 1.29 is 19.1 Å². The number of carbonyl (C=O) groups is 2. The first-order valence-corrected chi connectivity index (χ1v) is 9.24. The topological polar surface area (TPSA) is 106 Å². The van der Waals surface area contributed by atoms with E-state index in [1.807, 2.05) is 24.3 Å². The van der Waals surface area contributed by atoms with Crippen LogP contribution in [0.5, 0.6) is 0 Å². The lowest BCUT2D eigenvalue weighted by Crippen LogP contribution is -2.19. The smallest absolute Gasteiger partial charge is 0.414 e. The molecule has 0 aliphatic carbocycles. The molecule has 0 spiro atoms. The summed E-state index contributed by atoms with van der Waals surface area (Å²) in [6.07, 6.45) is -0.651. The molecule has 0 radical (unpaired) electrons. The summed E-state index contributed by atoms with van der Waals surface area (Å²) in [4.78, 5) is 35.7. The van der Waals surface area contributed by atoms with Crippen LogP contribution in [-0.2, 0) is 9.47 Å². The molecular weight excluding hydrogens is 396 g/mol. The summed E-state index contributed by atoms with van der Waals surface area (Å²) in [6.45, 7) is 0.519. The molecule has 0 saturated heterocycles. The lowest BCUT2D eigenvalue weighted by molar-refractivity contribution is 0.1000. The summed E-state index contributed by atoms with van der Waals surface area (Å²) < 4.78 is 9.79. The van der Waals surface area contributed by atoms with Gasteiger partial charge < -0.3 is 14.5 Å². The average Bonchev–Trinajstić information content (AvgIpc) is 3.11. The molecule has 9 heteroatoms. The van der Waals surface area contributed by atoms with Crippen molar-refractivity contribution in [2.45, 2.75) is 0 Å². The monoisotopic (exact) mass is 412 g/mol. The fourth-order valence-corrected chi connectivity index (χ4v) is 3.38. The number of aliphatic imine (C=N–C) groups is 1. The predicted octanol–water partition coefficient (Wildman–Crippen LogP) is 3.44. The van der Waals surface area contributed by atoms with Crippen LogP contribution in [0.1, 0.15) is 21.5 Å². The molecule has 2 heterocycles. The fourth-order valence-electron chi connectivity index (χ4n) is 3.12. The number of amides is 1. The molecule has 0 fully saturated rings. The molecule has 2 N–H and O–H groups in total. The average molecular weight is 413 g/mol. The predicted molar refractivity (Wildman–Crippen MR) is 109 cm³/mol. The summed E-state index contributed by atoms with van der Waals surface area (Å²) in [7, 11) is 1.52. The van der Waals surface area contributed by atoms with Crippen LogP contribution in [0.25, 0.3) is 11.0 Å². The van der Waals surface area contributed by atoms with E-state index in [1.54, 1.807) is 12.1 Å². The van der Waals surface area contributed by atoms with E-state index in [0.29, 0.717) is 33.9 Å². The zero-order valence-electron chi connectivity index (χ0n) is 15.5. The molecular formula is C20H17ClN4O4. The van der Waals surface area contributed by atoms with E-state index in [2.05, 4.69) is 20.3 Å². The Labute approximate surface area is 170 Å². The number of nitrogens with one attached hydrogen (secondary N) is 2. The Morgan fingerprint density at radius 3 is 2.83 bits per heavy atom. The quantitative estimate of drug-likeness (QED) is 0.624. The molecule has 0 unspecified atom stereocenters. The minimum Gasteiger partial charge on any atom is -0.447 e. The molecule has 8 nitrogen and oxygen atoms in total. The van der Waals surface area contributed by atoms with Crippen molar-refractivity contribution in [3.05, 3.63) is 58.1 Å². The maximum absolute atomic E-state index is 12.1. The molecule has 1 aliphatic heterocycles. The van der Waals surface area contributed by atoms with Crippen molar-refractivity contribution in [1.82, 2.24) is 9.97 Å². The first-order chi connectivity index (χ1) is 14.1. The fraction of sp³-hybridized carbons (Fsp3) is 0.200. The van der Waals surface area contributed by atoms with Crippen LogP contribution in [0.15, 0.2) is 41.4 Å². The number of methoxy groups -OCH3 is 1. The van der Waals surface area contributed by atoms with Crippen LogP contribution in [0.4, 0.5) is 10.7 Å². The highest BCUT2D eigenvalue weighted by atomic mass is 35.5. The number of Topliss-reactive ketones (excluding diaryl/α,β-unsaturated/α-hetero) is 1. The van der Waals surface area contributed by atoms with E-state index in [4.69, 9.17) is 21.1 Å². The molecule has 1 aromatic heterocycles. The van der Waals surface area contributed by atoms with Crippen LogP contribution in [0.2, 0.25) is 5.02 Å². The van der Waals surface area contributed by atoms with Crippen molar-refractivity contribution in [3.63, 3.8) is 0 Å². The Bertz CT molecular complexity index is 1140. The van der Waals surface area contributed by atoms with Gasteiger partial charge in [0.25, 0.3) is 0 Å². The van der Waals surface area contributed by atoms with Crippen molar-refractivity contribution in [2.75, 3.05) is 32.2 Å². The van der Waals surface area contributed by atoms with Gasteiger partial charge in [0.15, 0.2) is 5.78 Å². The van der Waals surface area contributed by atoms with E-state index in [-0.39, 0.29) is 24.9 Å². The van der Waals surface area contributed by atoms with E-state index in [9.17, 15) is 9.59 Å². The number of benzene rings is 2. The van der Waals surface area contributed by atoms with Gasteiger partial charge in [-0.15, -0.1) is 0 Å². The number of H-pyrrole nitrogens is 1. The molecule has 0 bridgehead atoms. The largest absolute Gasteiger partial charge is 0.447 e. The minimum atomic E-state index is -0.651. The molecule has 0 atom stereocenters. The number of hydrogen-bond donors (Lipinski definition) is 2. The summed E-state index contributed by atoms with van der Waals surface area (Å²) >= 11 is 6.42. The third-order valence-electron chi connectivity index (χ3n) is 4.42. The lowest BCUT2D eigenvalue weighted by Gasteiger charge is -2.16. The van der Waals surface area contributed by atoms with Gasteiger partial charge in [0, 0.05) is 23.8 Å². The maximum Gasteiger partial charge on any atom is 0.414 e. The molecule has 1 amide bonds. The number of anilines is 1. The molecule has 0 saturated carbocycles. The number of nitrogens with zero attached hydrogens (tertiary/aromatic N) is 2. The van der Waals surface area contributed by atoms with Gasteiger partial charge in [-0.1, -0.05) is 35.9 Å². The normalized spacial score (nSPS) is 13.2. The molecule has 29 heavy (non-hydrogen) atoms. The van der Waals surface area contributed by atoms with Gasteiger partial charge in [-0.25, -0.2) is 9.78 Å². The molecule has 1 aliphatic rings. The Balaban J connectivity index is 1.65. The summed E-state index contributed by atoms with van der Waals surface area (Å²) in [5, 5.41) is 2.92. The number of rotatable bonds is 5. The van der Waals surface area contributed by atoms with Gasteiger partial charge in [-0.3, -0.25) is 15.1 Å². The Kier molecular flexibility index (Phi) is 5.28. The molecule has 3 aromatic rings. The van der Waals surface area contributed by atoms with E-state index < -0.39 is 6.09 Å². The van der Waals surface area contributed by atoms with Crippen molar-refractivity contribution in [3.8, 4) is 0 Å². The molecule has 4 rings (SSSR count).